The fraction of sp³-hybridized carbons (Fsp3) is 0. The van der Waals surface area contributed by atoms with E-state index in [4.69, 9.17) is 0 Å². The lowest BCUT2D eigenvalue weighted by Crippen LogP contribution is -2.97. The van der Waals surface area contributed by atoms with E-state index in [0.717, 1.165) is 0 Å². The number of hydrogen-bond acceptors (Lipinski definition) is 0. The summed E-state index contributed by atoms with van der Waals surface area (Å²) < 4.78 is 0. The van der Waals surface area contributed by atoms with E-state index in [9.17, 15) is 0 Å². The first-order valence-corrected chi connectivity index (χ1v) is 28.7. The molecule has 0 amide bonds. The van der Waals surface area contributed by atoms with Crippen molar-refractivity contribution >= 4 is 446 Å². The Hall–Kier alpha value is 4.09. The summed E-state index contributed by atoms with van der Waals surface area (Å²) in [7, 11) is 86.4. The van der Waals surface area contributed by atoms with Crippen LogP contribution in [0.5, 0.6) is 0 Å². The van der Waals surface area contributed by atoms with Crippen LogP contribution in [0, 0.1) is 0 Å². The lowest BCUT2D eigenvalue weighted by molar-refractivity contribution is 3.16. The van der Waals surface area contributed by atoms with Gasteiger partial charge in [0.05, 0.1) is 248 Å². The molecule has 0 saturated carbocycles. The zero-order valence-electron chi connectivity index (χ0n) is 50.0. The van der Waals surface area contributed by atoms with Crippen molar-refractivity contribution in [3.63, 3.8) is 0 Å². The van der Waals surface area contributed by atoms with Gasteiger partial charge in [0.25, 0.3) is 0 Å². The largest absolute Gasteiger partial charge is 0.0594 e. The minimum Gasteiger partial charge on any atom is 0.00000705 e. The van der Waals surface area contributed by atoms with Crippen LogP contribution in [0.25, 0.3) is 0 Å². The van der Waals surface area contributed by atoms with Crippen LogP contribution in [0.3, 0.4) is 0 Å². The highest BCUT2D eigenvalue weighted by Crippen LogP contribution is 2.25. The Morgan fingerprint density at radius 3 is 0.333 bits per heavy atom. The summed E-state index contributed by atoms with van der Waals surface area (Å²) in [5.74, 6) is 0. The monoisotopic (exact) mass is 759 g/mol. The van der Waals surface area contributed by atoms with E-state index in [1.807, 2.05) is 0 Å². The normalized spacial score (nSPS) is 9.71. The topological polar surface area (TPSA) is 0 Å². The average Bonchev–Trinajstić information content (AvgIpc) is 3.07. The summed E-state index contributed by atoms with van der Waals surface area (Å²) in [5, 5.41) is 0. The maximum atomic E-state index is 2.71. The average molecular weight is 747 g/mol. The summed E-state index contributed by atoms with van der Waals surface area (Å²) in [6, 6.07) is 0. The third kappa shape index (κ3) is 18.2. The Labute approximate surface area is 442 Å². The molecular weight excluding hydrogens is 681 g/mol. The van der Waals surface area contributed by atoms with Crippen LogP contribution in [0.15, 0.2) is 0 Å². The molecule has 0 spiro atoms. The molecule has 0 aromatic rings. The third-order valence-corrected chi connectivity index (χ3v) is 18.6. The van der Waals surface area contributed by atoms with Crippen LogP contribution < -0.4 is 0 Å². The summed E-state index contributed by atoms with van der Waals surface area (Å²) in [6.45, 7) is 0. The maximum absolute atomic E-state index is 2.71. The van der Waals surface area contributed by atoms with E-state index in [2.05, 4.69) is 248 Å². The van der Waals surface area contributed by atoms with Crippen LogP contribution >= 0.6 is 0 Å². The molecule has 0 N–H and O–H groups in total. The van der Waals surface area contributed by atoms with Crippen LogP contribution in [-0.4, -0.2) is 446 Å². The smallest absolute Gasteiger partial charge is 0.00000705 e. The predicted molar refractivity (Wildman–Crippen MR) is 453 cm³/mol. The van der Waals surface area contributed by atoms with Gasteiger partial charge in [0, 0.05) is 199 Å². The molecule has 63 heteroatoms. The molecule has 0 aliphatic heterocycles. The molecule has 63 heavy (non-hydrogen) atoms. The molecule has 0 nitrogen and oxygen atoms in total. The van der Waals surface area contributed by atoms with E-state index in [0.29, 0.717) is 192 Å². The van der Waals surface area contributed by atoms with Crippen LogP contribution in [0.1, 0.15) is 0 Å². The zero-order valence-corrected chi connectivity index (χ0v) is 50.0. The van der Waals surface area contributed by atoms with Gasteiger partial charge in [-0.3, -0.25) is 0 Å². The molecule has 254 valence electrons. The van der Waals surface area contributed by atoms with Gasteiger partial charge >= 0.3 is 0 Å². The maximum Gasteiger partial charge on any atom is 0.0594 e. The van der Waals surface area contributed by atoms with Crippen molar-refractivity contribution in [1.82, 2.24) is 0 Å². The molecule has 0 rings (SSSR count). The molecule has 0 saturated heterocycles. The molecule has 0 bridgehead atoms. The van der Waals surface area contributed by atoms with Gasteiger partial charge in [0.15, 0.2) is 0 Å². The first-order chi connectivity index (χ1) is 28.7. The summed E-state index contributed by atoms with van der Waals surface area (Å²) >= 11 is 0. The van der Waals surface area contributed by atoms with Crippen LogP contribution in [0.2, 0.25) is 0 Å². The highest BCUT2D eigenvalue weighted by Gasteiger charge is 2.64. The molecule has 0 atom stereocenters. The Bertz CT molecular complexity index is 994. The van der Waals surface area contributed by atoms with Crippen molar-refractivity contribution in [3.05, 3.63) is 0 Å². The van der Waals surface area contributed by atoms with Crippen molar-refractivity contribution in [3.8, 4) is 0 Å². The highest BCUT2D eigenvalue weighted by atomic mass is 13.4. The predicted octanol–water partition coefficient (Wildman–Crippen LogP) is -41.4. The summed E-state index contributed by atoms with van der Waals surface area (Å²) in [6.07, 6.45) is 19.1. The molecular formula is H65B63. The lowest BCUT2D eigenvalue weighted by atomic mass is 8.22. The molecule has 0 aromatic carbocycles. The number of rotatable bonds is 30. The SMILES string of the molecule is BBB(B)B(B(B)B)B(B(B(B)B)B(B)B)B(B(B(B(B)B)B(B)B)B(B(B)B)B(B)B)B(B(B(B(B)B)B(B)B)B(B(B)B)B(B)B)B(B(B(B)B)B(B)B)B(B(B)B)B(B)B. The second kappa shape index (κ2) is 31.0. The van der Waals surface area contributed by atoms with E-state index in [1.54, 1.807) is 0 Å². The molecule has 0 radical (unpaired) electrons. The first kappa shape index (κ1) is 67.1. The number of hydrogen-bond donors (Lipinski definition) is 0. The van der Waals surface area contributed by atoms with E-state index >= 15 is 0 Å². The van der Waals surface area contributed by atoms with Gasteiger partial charge in [-0.15, -0.1) is 0 Å². The summed E-state index contributed by atoms with van der Waals surface area (Å²) in [4.78, 5) is 0. The van der Waals surface area contributed by atoms with Gasteiger partial charge < -0.3 is 0 Å². The minimum absolute atomic E-state index is 0.611. The third-order valence-electron chi connectivity index (χ3n) is 18.6. The molecule has 0 unspecified atom stereocenters. The first-order valence-electron chi connectivity index (χ1n) is 28.7. The van der Waals surface area contributed by atoms with Gasteiger partial charge in [0.1, 0.15) is 0 Å². The molecule has 0 heterocycles. The highest BCUT2D eigenvalue weighted by molar-refractivity contribution is 8.38. The fourth-order valence-electron chi connectivity index (χ4n) is 18.0. The van der Waals surface area contributed by atoms with Crippen molar-refractivity contribution < 1.29 is 0 Å². The minimum atomic E-state index is 0.611. The van der Waals surface area contributed by atoms with Gasteiger partial charge in [-0.2, -0.15) is 0 Å². The van der Waals surface area contributed by atoms with Crippen LogP contribution in [-0.2, 0) is 0 Å². The van der Waals surface area contributed by atoms with Gasteiger partial charge in [-0.25, -0.2) is 0 Å². The van der Waals surface area contributed by atoms with Crippen molar-refractivity contribution in [2.45, 2.75) is 0 Å². The van der Waals surface area contributed by atoms with Crippen LogP contribution in [0.4, 0.5) is 0 Å². The molecule has 0 fully saturated rings. The van der Waals surface area contributed by atoms with Gasteiger partial charge in [-0.1, -0.05) is 0 Å². The zero-order chi connectivity index (χ0) is 50.0. The second-order valence-electron chi connectivity index (χ2n) is 28.1. The quantitative estimate of drug-likeness (QED) is 0.0642. The Morgan fingerprint density at radius 1 is 0.143 bits per heavy atom. The fourth-order valence-corrected chi connectivity index (χ4v) is 18.0. The Kier molecular flexibility index (Phi) is 33.0. The van der Waals surface area contributed by atoms with Crippen molar-refractivity contribution in [2.24, 2.45) is 0 Å². The Balaban J connectivity index is 11.0. The lowest BCUT2D eigenvalue weighted by Gasteiger charge is -2.59. The second-order valence-corrected chi connectivity index (χ2v) is 28.1. The van der Waals surface area contributed by atoms with Gasteiger partial charge in [0.2, 0.25) is 0 Å². The van der Waals surface area contributed by atoms with E-state index in [-0.39, 0.29) is 0 Å². The van der Waals surface area contributed by atoms with Crippen molar-refractivity contribution in [1.29, 1.82) is 0 Å². The van der Waals surface area contributed by atoms with Crippen molar-refractivity contribution in [2.75, 3.05) is 0 Å². The standard InChI is InChI=1S/B63H65/c1-33-49(32)57(48(30)31)61(56(46(26)27)47(28)29)63(60(54(42(18)19)43(20)21)55(44(22)23)45(24)25)62(58(50(34(2)3)35(4)5)51(36(6)7)37(8)9)59(52(38(10)11)39(12)13)53(40(14)15)41(16)17/h33H,1-32H2. The van der Waals surface area contributed by atoms with E-state index in [1.165, 1.54) is 7.06 Å². The van der Waals surface area contributed by atoms with Gasteiger partial charge in [-0.05, 0) is 0 Å². The Morgan fingerprint density at radius 2 is 0.238 bits per heavy atom. The molecule has 0 aromatic heterocycles. The summed E-state index contributed by atoms with van der Waals surface area (Å²) in [5.41, 5.74) is 0. The molecule has 0 aliphatic rings. The van der Waals surface area contributed by atoms with E-state index < -0.39 is 0 Å². The molecule has 0 aliphatic carbocycles.